The third-order valence-electron chi connectivity index (χ3n) is 5.10. The molecule has 0 spiro atoms. The predicted molar refractivity (Wildman–Crippen MR) is 117 cm³/mol. The number of unbranched alkanes of at least 4 members (excludes halogenated alkanes) is 5. The molecule has 2 rings (SSSR count). The number of carbonyl (C=O) groups is 2. The minimum atomic E-state index is -0.810. The van der Waals surface area contributed by atoms with E-state index in [9.17, 15) is 9.59 Å². The minimum Gasteiger partial charge on any atom is -0.481 e. The Morgan fingerprint density at radius 3 is 2.45 bits per heavy atom. The molecule has 5 nitrogen and oxygen atoms in total. The molecule has 0 radical (unpaired) electrons. The molecule has 0 aliphatic heterocycles. The zero-order chi connectivity index (χ0) is 21.1. The van der Waals surface area contributed by atoms with Gasteiger partial charge in [0.15, 0.2) is 0 Å². The summed E-state index contributed by atoms with van der Waals surface area (Å²) in [5, 5.41) is 8.78. The van der Waals surface area contributed by atoms with Crippen LogP contribution in [0.4, 0.5) is 5.69 Å². The van der Waals surface area contributed by atoms with Gasteiger partial charge in [-0.2, -0.15) is 0 Å². The van der Waals surface area contributed by atoms with Gasteiger partial charge >= 0.3 is 5.97 Å². The summed E-state index contributed by atoms with van der Waals surface area (Å²) in [4.78, 5) is 29.4. The van der Waals surface area contributed by atoms with E-state index in [1.165, 1.54) is 25.7 Å². The first-order valence-electron chi connectivity index (χ1n) is 10.5. The number of amides is 1. The Hall–Kier alpha value is -2.69. The van der Waals surface area contributed by atoms with Crippen molar-refractivity contribution in [3.63, 3.8) is 0 Å². The molecule has 0 aliphatic carbocycles. The van der Waals surface area contributed by atoms with Crippen molar-refractivity contribution < 1.29 is 14.7 Å². The molecule has 156 valence electrons. The van der Waals surface area contributed by atoms with Crippen LogP contribution < -0.4 is 4.90 Å². The standard InChI is InChI=1S/C24H32N2O3/c1-3-4-5-6-7-8-12-23(27)26(2)21-11-9-10-20(17-21)22-15-13-19(18-25-22)14-16-24(28)29/h9-11,13,15,17-18H,3-8,12,14,16H2,1-2H3,(H,28,29). The molecule has 1 aromatic carbocycles. The van der Waals surface area contributed by atoms with Crippen molar-refractivity contribution >= 4 is 17.6 Å². The van der Waals surface area contributed by atoms with E-state index in [1.54, 1.807) is 11.1 Å². The first kappa shape index (κ1) is 22.6. The number of hydrogen-bond acceptors (Lipinski definition) is 3. The lowest BCUT2D eigenvalue weighted by molar-refractivity contribution is -0.137. The maximum absolute atomic E-state index is 12.5. The predicted octanol–water partition coefficient (Wildman–Crippen LogP) is 5.48. The molecule has 2 aromatic rings. The number of aryl methyl sites for hydroxylation is 1. The molecular weight excluding hydrogens is 364 g/mol. The number of pyridine rings is 1. The molecule has 5 heteroatoms. The zero-order valence-electron chi connectivity index (χ0n) is 17.6. The Morgan fingerprint density at radius 1 is 1.00 bits per heavy atom. The van der Waals surface area contributed by atoms with Crippen molar-refractivity contribution in [2.24, 2.45) is 0 Å². The highest BCUT2D eigenvalue weighted by Gasteiger charge is 2.12. The lowest BCUT2D eigenvalue weighted by Gasteiger charge is -2.18. The second-order valence-electron chi connectivity index (χ2n) is 7.47. The maximum Gasteiger partial charge on any atom is 0.303 e. The molecule has 1 N–H and O–H groups in total. The Morgan fingerprint density at radius 2 is 1.76 bits per heavy atom. The van der Waals surface area contributed by atoms with Crippen LogP contribution >= 0.6 is 0 Å². The van der Waals surface area contributed by atoms with Gasteiger partial charge in [0, 0.05) is 37.3 Å². The normalized spacial score (nSPS) is 10.7. The average Bonchev–Trinajstić information content (AvgIpc) is 2.74. The zero-order valence-corrected chi connectivity index (χ0v) is 17.6. The second kappa shape index (κ2) is 12.0. The topological polar surface area (TPSA) is 70.5 Å². The number of benzene rings is 1. The van der Waals surface area contributed by atoms with Crippen LogP contribution in [0.3, 0.4) is 0 Å². The number of carbonyl (C=O) groups excluding carboxylic acids is 1. The van der Waals surface area contributed by atoms with Gasteiger partial charge in [-0.05, 0) is 36.6 Å². The van der Waals surface area contributed by atoms with E-state index < -0.39 is 5.97 Å². The number of carboxylic acids is 1. The number of nitrogens with zero attached hydrogens (tertiary/aromatic N) is 2. The average molecular weight is 397 g/mol. The largest absolute Gasteiger partial charge is 0.481 e. The number of carboxylic acid groups (broad SMARTS) is 1. The van der Waals surface area contributed by atoms with E-state index in [2.05, 4.69) is 11.9 Å². The lowest BCUT2D eigenvalue weighted by atomic mass is 10.1. The maximum atomic E-state index is 12.5. The van der Waals surface area contributed by atoms with E-state index in [0.717, 1.165) is 35.3 Å². The van der Waals surface area contributed by atoms with Crippen LogP contribution in [-0.2, 0) is 16.0 Å². The molecule has 0 unspecified atom stereocenters. The monoisotopic (exact) mass is 396 g/mol. The van der Waals surface area contributed by atoms with Gasteiger partial charge < -0.3 is 10.0 Å². The van der Waals surface area contributed by atoms with Crippen molar-refractivity contribution in [2.45, 2.75) is 64.7 Å². The quantitative estimate of drug-likeness (QED) is 0.482. The summed E-state index contributed by atoms with van der Waals surface area (Å²) in [5.41, 5.74) is 3.50. The molecular formula is C24H32N2O3. The SMILES string of the molecule is CCCCCCCCC(=O)N(C)c1cccc(-c2ccc(CCC(=O)O)cn2)c1. The number of anilines is 1. The second-order valence-corrected chi connectivity index (χ2v) is 7.47. The van der Waals surface area contributed by atoms with E-state index in [4.69, 9.17) is 5.11 Å². The highest BCUT2D eigenvalue weighted by Crippen LogP contribution is 2.24. The smallest absolute Gasteiger partial charge is 0.303 e. The van der Waals surface area contributed by atoms with Crippen LogP contribution in [0.5, 0.6) is 0 Å². The van der Waals surface area contributed by atoms with Gasteiger partial charge in [0.2, 0.25) is 5.91 Å². The fourth-order valence-electron chi connectivity index (χ4n) is 3.24. The molecule has 1 aromatic heterocycles. The molecule has 0 bridgehead atoms. The van der Waals surface area contributed by atoms with Crippen molar-refractivity contribution in [1.82, 2.24) is 4.98 Å². The van der Waals surface area contributed by atoms with Gasteiger partial charge in [0.1, 0.15) is 0 Å². The molecule has 0 saturated carbocycles. The van der Waals surface area contributed by atoms with Crippen LogP contribution in [0.15, 0.2) is 42.6 Å². The van der Waals surface area contributed by atoms with Crippen molar-refractivity contribution in [3.05, 3.63) is 48.2 Å². The van der Waals surface area contributed by atoms with Gasteiger partial charge in [-0.3, -0.25) is 14.6 Å². The molecule has 1 amide bonds. The van der Waals surface area contributed by atoms with E-state index in [-0.39, 0.29) is 12.3 Å². The number of aromatic nitrogens is 1. The highest BCUT2D eigenvalue weighted by atomic mass is 16.4. The Labute approximate surface area is 173 Å². The highest BCUT2D eigenvalue weighted by molar-refractivity contribution is 5.93. The minimum absolute atomic E-state index is 0.0992. The summed E-state index contributed by atoms with van der Waals surface area (Å²) >= 11 is 0. The lowest BCUT2D eigenvalue weighted by Crippen LogP contribution is -2.25. The third-order valence-corrected chi connectivity index (χ3v) is 5.10. The van der Waals surface area contributed by atoms with E-state index in [0.29, 0.717) is 12.8 Å². The van der Waals surface area contributed by atoms with Gasteiger partial charge in [-0.1, -0.05) is 57.2 Å². The Balaban J connectivity index is 1.94. The van der Waals surface area contributed by atoms with Crippen LogP contribution in [0, 0.1) is 0 Å². The van der Waals surface area contributed by atoms with Crippen LogP contribution in [0.1, 0.15) is 63.9 Å². The van der Waals surface area contributed by atoms with Crippen molar-refractivity contribution in [2.75, 3.05) is 11.9 Å². The van der Waals surface area contributed by atoms with Gasteiger partial charge in [0.25, 0.3) is 0 Å². The molecule has 0 fully saturated rings. The van der Waals surface area contributed by atoms with Gasteiger partial charge in [-0.15, -0.1) is 0 Å². The van der Waals surface area contributed by atoms with E-state index >= 15 is 0 Å². The summed E-state index contributed by atoms with van der Waals surface area (Å²) in [6.07, 6.45) is 9.87. The third kappa shape index (κ3) is 7.68. The Bertz CT molecular complexity index is 787. The molecule has 0 atom stereocenters. The summed E-state index contributed by atoms with van der Waals surface area (Å²) in [6.45, 7) is 2.20. The first-order chi connectivity index (χ1) is 14.0. The van der Waals surface area contributed by atoms with E-state index in [1.807, 2.05) is 43.4 Å². The number of hydrogen-bond donors (Lipinski definition) is 1. The molecule has 1 heterocycles. The van der Waals surface area contributed by atoms with Crippen molar-refractivity contribution in [3.8, 4) is 11.3 Å². The van der Waals surface area contributed by atoms with Crippen molar-refractivity contribution in [1.29, 1.82) is 0 Å². The number of aliphatic carboxylic acids is 1. The first-order valence-corrected chi connectivity index (χ1v) is 10.5. The van der Waals surface area contributed by atoms with Crippen LogP contribution in [0.25, 0.3) is 11.3 Å². The van der Waals surface area contributed by atoms with Gasteiger partial charge in [0.05, 0.1) is 5.69 Å². The van der Waals surface area contributed by atoms with Gasteiger partial charge in [-0.25, -0.2) is 0 Å². The summed E-state index contributed by atoms with van der Waals surface area (Å²) in [7, 11) is 1.82. The molecule has 0 saturated heterocycles. The summed E-state index contributed by atoms with van der Waals surface area (Å²) < 4.78 is 0. The number of rotatable bonds is 12. The van der Waals surface area contributed by atoms with Crippen LogP contribution in [0.2, 0.25) is 0 Å². The fraction of sp³-hybridized carbons (Fsp3) is 0.458. The summed E-state index contributed by atoms with van der Waals surface area (Å²) in [5.74, 6) is -0.676. The molecule has 0 aliphatic rings. The summed E-state index contributed by atoms with van der Waals surface area (Å²) in [6, 6.07) is 11.6. The van der Waals surface area contributed by atoms with Crippen LogP contribution in [-0.4, -0.2) is 29.0 Å². The molecule has 29 heavy (non-hydrogen) atoms. The fourth-order valence-corrected chi connectivity index (χ4v) is 3.24. The Kier molecular flexibility index (Phi) is 9.35.